The van der Waals surface area contributed by atoms with Gasteiger partial charge in [-0.05, 0) is 12.8 Å². The third-order valence-corrected chi connectivity index (χ3v) is 1.69. The van der Waals surface area contributed by atoms with Crippen LogP contribution in [0.4, 0.5) is 0 Å². The second-order valence-corrected chi connectivity index (χ2v) is 2.58. The van der Waals surface area contributed by atoms with Crippen molar-refractivity contribution >= 4 is 12.4 Å². The molecule has 74 valence electrons. The van der Waals surface area contributed by atoms with E-state index in [0.29, 0.717) is 19.3 Å². The summed E-state index contributed by atoms with van der Waals surface area (Å²) in [6, 6.07) is 0. The zero-order valence-electron chi connectivity index (χ0n) is 7.60. The maximum Gasteiger partial charge on any atom is 0.306 e. The maximum atomic E-state index is 10.5. The molecule has 0 aliphatic heterocycles. The summed E-state index contributed by atoms with van der Waals surface area (Å²) < 4.78 is 4.39. The van der Waals surface area contributed by atoms with E-state index in [-0.39, 0.29) is 12.5 Å². The standard InChI is InChI=1S/C9H14O4/c1-2-8(9(11)12)5-3-4-6-13-7-10/h3-4,7-8H,2,5-6H2,1H3,(H,11,12)/b4-3+. The van der Waals surface area contributed by atoms with Crippen molar-refractivity contribution in [3.63, 3.8) is 0 Å². The predicted molar refractivity (Wildman–Crippen MR) is 47.2 cm³/mol. The molecule has 0 spiro atoms. The van der Waals surface area contributed by atoms with Gasteiger partial charge in [-0.15, -0.1) is 0 Å². The number of hydrogen-bond donors (Lipinski definition) is 1. The van der Waals surface area contributed by atoms with Gasteiger partial charge in [0, 0.05) is 0 Å². The molecule has 1 unspecified atom stereocenters. The van der Waals surface area contributed by atoms with Crippen LogP contribution in [-0.4, -0.2) is 24.2 Å². The Bertz CT molecular complexity index is 186. The van der Waals surface area contributed by atoms with Crippen LogP contribution >= 0.6 is 0 Å². The van der Waals surface area contributed by atoms with Crippen LogP contribution in [0, 0.1) is 5.92 Å². The number of carboxylic acids is 1. The van der Waals surface area contributed by atoms with Gasteiger partial charge in [-0.2, -0.15) is 0 Å². The topological polar surface area (TPSA) is 63.6 Å². The lowest BCUT2D eigenvalue weighted by molar-refractivity contribution is -0.141. The fourth-order valence-corrected chi connectivity index (χ4v) is 0.865. The molecular formula is C9H14O4. The predicted octanol–water partition coefficient (Wildman–Crippen LogP) is 1.22. The molecule has 0 heterocycles. The Labute approximate surface area is 77.2 Å². The van der Waals surface area contributed by atoms with Gasteiger partial charge in [0.25, 0.3) is 6.47 Å². The molecule has 0 aliphatic rings. The van der Waals surface area contributed by atoms with Gasteiger partial charge in [0.05, 0.1) is 5.92 Å². The summed E-state index contributed by atoms with van der Waals surface area (Å²) in [4.78, 5) is 20.2. The molecule has 0 aromatic heterocycles. The lowest BCUT2D eigenvalue weighted by atomic mass is 10.0. The van der Waals surface area contributed by atoms with Crippen LogP contribution in [0.3, 0.4) is 0 Å². The van der Waals surface area contributed by atoms with Crippen LogP contribution in [0.2, 0.25) is 0 Å². The van der Waals surface area contributed by atoms with Crippen molar-refractivity contribution in [2.45, 2.75) is 19.8 Å². The fraction of sp³-hybridized carbons (Fsp3) is 0.556. The first-order valence-electron chi connectivity index (χ1n) is 4.15. The number of carbonyl (C=O) groups excluding carboxylic acids is 1. The molecule has 0 aromatic rings. The summed E-state index contributed by atoms with van der Waals surface area (Å²) in [6.07, 6.45) is 4.44. The van der Waals surface area contributed by atoms with Crippen molar-refractivity contribution in [1.29, 1.82) is 0 Å². The van der Waals surface area contributed by atoms with E-state index in [9.17, 15) is 9.59 Å². The fourth-order valence-electron chi connectivity index (χ4n) is 0.865. The highest BCUT2D eigenvalue weighted by molar-refractivity contribution is 5.70. The average Bonchev–Trinajstić information content (AvgIpc) is 2.10. The molecular weight excluding hydrogens is 172 g/mol. The van der Waals surface area contributed by atoms with Crippen molar-refractivity contribution in [3.8, 4) is 0 Å². The van der Waals surface area contributed by atoms with Crippen LogP contribution < -0.4 is 0 Å². The summed E-state index contributed by atoms with van der Waals surface area (Å²) in [6.45, 7) is 2.40. The van der Waals surface area contributed by atoms with Gasteiger partial charge >= 0.3 is 5.97 Å². The van der Waals surface area contributed by atoms with Crippen molar-refractivity contribution < 1.29 is 19.4 Å². The van der Waals surface area contributed by atoms with Gasteiger partial charge in [-0.1, -0.05) is 19.1 Å². The molecule has 1 atom stereocenters. The molecule has 0 aromatic carbocycles. The summed E-state index contributed by atoms with van der Waals surface area (Å²) in [7, 11) is 0. The van der Waals surface area contributed by atoms with Gasteiger partial charge in [-0.25, -0.2) is 0 Å². The Morgan fingerprint density at radius 1 is 1.54 bits per heavy atom. The molecule has 1 N–H and O–H groups in total. The van der Waals surface area contributed by atoms with Crippen LogP contribution in [0.25, 0.3) is 0 Å². The Morgan fingerprint density at radius 3 is 2.69 bits per heavy atom. The number of rotatable bonds is 7. The minimum absolute atomic E-state index is 0.208. The second-order valence-electron chi connectivity index (χ2n) is 2.58. The highest BCUT2D eigenvalue weighted by Crippen LogP contribution is 2.08. The quantitative estimate of drug-likeness (QED) is 0.369. The van der Waals surface area contributed by atoms with E-state index in [1.54, 1.807) is 12.2 Å². The molecule has 0 radical (unpaired) electrons. The van der Waals surface area contributed by atoms with E-state index >= 15 is 0 Å². The van der Waals surface area contributed by atoms with Crippen LogP contribution in [0.5, 0.6) is 0 Å². The smallest absolute Gasteiger partial charge is 0.306 e. The van der Waals surface area contributed by atoms with Gasteiger partial charge in [-0.3, -0.25) is 9.59 Å². The molecule has 0 bridgehead atoms. The number of hydrogen-bond acceptors (Lipinski definition) is 3. The molecule has 0 saturated heterocycles. The average molecular weight is 186 g/mol. The van der Waals surface area contributed by atoms with Crippen molar-refractivity contribution in [1.82, 2.24) is 0 Å². The van der Waals surface area contributed by atoms with E-state index < -0.39 is 5.97 Å². The monoisotopic (exact) mass is 186 g/mol. The first kappa shape index (κ1) is 11.7. The van der Waals surface area contributed by atoms with Crippen LogP contribution in [0.1, 0.15) is 19.8 Å². The zero-order chi connectivity index (χ0) is 10.1. The largest absolute Gasteiger partial charge is 0.481 e. The SMILES string of the molecule is CCC(C/C=C/COC=O)C(=O)O. The lowest BCUT2D eigenvalue weighted by Gasteiger charge is -2.04. The molecule has 4 nitrogen and oxygen atoms in total. The first-order chi connectivity index (χ1) is 6.22. The Balaban J connectivity index is 3.64. The van der Waals surface area contributed by atoms with Crippen molar-refractivity contribution in [2.75, 3.05) is 6.61 Å². The van der Waals surface area contributed by atoms with E-state index in [4.69, 9.17) is 5.11 Å². The molecule has 0 amide bonds. The van der Waals surface area contributed by atoms with Gasteiger partial charge in [0.2, 0.25) is 0 Å². The number of carboxylic acid groups (broad SMARTS) is 1. The van der Waals surface area contributed by atoms with E-state index in [2.05, 4.69) is 4.74 Å². The lowest BCUT2D eigenvalue weighted by Crippen LogP contribution is -2.11. The van der Waals surface area contributed by atoms with Crippen LogP contribution in [0.15, 0.2) is 12.2 Å². The third-order valence-electron chi connectivity index (χ3n) is 1.69. The Kier molecular flexibility index (Phi) is 6.59. The van der Waals surface area contributed by atoms with E-state index in [0.717, 1.165) is 0 Å². The van der Waals surface area contributed by atoms with E-state index in [1.807, 2.05) is 6.92 Å². The molecule has 13 heavy (non-hydrogen) atoms. The number of ether oxygens (including phenoxy) is 1. The van der Waals surface area contributed by atoms with Crippen LogP contribution in [-0.2, 0) is 14.3 Å². The number of carbonyl (C=O) groups is 2. The summed E-state index contributed by atoms with van der Waals surface area (Å²) in [5, 5.41) is 8.65. The maximum absolute atomic E-state index is 10.5. The van der Waals surface area contributed by atoms with Gasteiger partial charge < -0.3 is 9.84 Å². The normalized spacial score (nSPS) is 12.7. The number of aliphatic carboxylic acids is 1. The highest BCUT2D eigenvalue weighted by atomic mass is 16.5. The van der Waals surface area contributed by atoms with Gasteiger partial charge in [0.1, 0.15) is 6.61 Å². The molecule has 0 aliphatic carbocycles. The molecule has 0 fully saturated rings. The zero-order valence-corrected chi connectivity index (χ0v) is 7.60. The molecule has 0 rings (SSSR count). The Morgan fingerprint density at radius 2 is 2.23 bits per heavy atom. The first-order valence-corrected chi connectivity index (χ1v) is 4.15. The summed E-state index contributed by atoms with van der Waals surface area (Å²) in [5.41, 5.74) is 0. The minimum atomic E-state index is -0.788. The minimum Gasteiger partial charge on any atom is -0.481 e. The van der Waals surface area contributed by atoms with E-state index in [1.165, 1.54) is 0 Å². The second kappa shape index (κ2) is 7.34. The molecule has 0 saturated carbocycles. The van der Waals surface area contributed by atoms with Crippen molar-refractivity contribution in [2.24, 2.45) is 5.92 Å². The summed E-state index contributed by atoms with van der Waals surface area (Å²) >= 11 is 0. The van der Waals surface area contributed by atoms with Crippen molar-refractivity contribution in [3.05, 3.63) is 12.2 Å². The third kappa shape index (κ3) is 5.90. The highest BCUT2D eigenvalue weighted by Gasteiger charge is 2.11. The molecule has 4 heteroatoms. The Hall–Kier alpha value is -1.32. The summed E-state index contributed by atoms with van der Waals surface area (Å²) in [5.74, 6) is -1.13. The number of allylic oxidation sites excluding steroid dienone is 1. The van der Waals surface area contributed by atoms with Gasteiger partial charge in [0.15, 0.2) is 0 Å².